The SMILES string of the molecule is Cc1c(C=CC(=O)O)cccc1C(=O)NCC(=O)N(C)C. The highest BCUT2D eigenvalue weighted by atomic mass is 16.4. The predicted molar refractivity (Wildman–Crippen MR) is 78.9 cm³/mol. The number of carboxylic acid groups (broad SMARTS) is 1. The van der Waals surface area contributed by atoms with Crippen molar-refractivity contribution < 1.29 is 19.5 Å². The summed E-state index contributed by atoms with van der Waals surface area (Å²) in [4.78, 5) is 35.4. The standard InChI is InChI=1S/C15H18N2O4/c1-10-11(7-8-14(19)20)5-4-6-12(10)15(21)16-9-13(18)17(2)3/h4-8H,9H2,1-3H3,(H,16,21)(H,19,20). The molecule has 1 aromatic carbocycles. The van der Waals surface area contributed by atoms with Crippen LogP contribution in [-0.4, -0.2) is 48.4 Å². The van der Waals surface area contributed by atoms with E-state index in [1.165, 1.54) is 11.0 Å². The lowest BCUT2D eigenvalue weighted by molar-refractivity contribution is -0.131. The molecule has 0 aliphatic rings. The molecule has 1 rings (SSSR count). The number of amides is 2. The third kappa shape index (κ3) is 4.76. The number of benzene rings is 1. The van der Waals surface area contributed by atoms with Crippen LogP contribution >= 0.6 is 0 Å². The monoisotopic (exact) mass is 290 g/mol. The molecular formula is C15H18N2O4. The summed E-state index contributed by atoms with van der Waals surface area (Å²) in [6.45, 7) is 1.64. The highest BCUT2D eigenvalue weighted by Gasteiger charge is 2.12. The Kier molecular flexibility index (Phi) is 5.66. The summed E-state index contributed by atoms with van der Waals surface area (Å²) < 4.78 is 0. The van der Waals surface area contributed by atoms with Gasteiger partial charge in [0.05, 0.1) is 6.54 Å². The second-order valence-electron chi connectivity index (χ2n) is 4.66. The number of nitrogens with one attached hydrogen (secondary N) is 1. The van der Waals surface area contributed by atoms with E-state index in [9.17, 15) is 14.4 Å². The Labute approximate surface area is 123 Å². The summed E-state index contributed by atoms with van der Waals surface area (Å²) in [6, 6.07) is 5.01. The fraction of sp³-hybridized carbons (Fsp3) is 0.267. The van der Waals surface area contributed by atoms with Crippen molar-refractivity contribution in [1.82, 2.24) is 10.2 Å². The minimum atomic E-state index is -1.05. The van der Waals surface area contributed by atoms with Gasteiger partial charge in [0.1, 0.15) is 0 Å². The van der Waals surface area contributed by atoms with Gasteiger partial charge < -0.3 is 15.3 Å². The molecule has 0 aliphatic carbocycles. The van der Waals surface area contributed by atoms with Crippen molar-refractivity contribution in [3.63, 3.8) is 0 Å². The van der Waals surface area contributed by atoms with E-state index in [4.69, 9.17) is 5.11 Å². The highest BCUT2D eigenvalue weighted by molar-refractivity contribution is 5.98. The average Bonchev–Trinajstić information content (AvgIpc) is 2.42. The van der Waals surface area contributed by atoms with E-state index in [1.54, 1.807) is 39.2 Å². The molecule has 0 fully saturated rings. The predicted octanol–water partition coefficient (Wildman–Crippen LogP) is 0.911. The first-order chi connectivity index (χ1) is 9.82. The number of likely N-dealkylation sites (N-methyl/N-ethyl adjacent to an activating group) is 1. The number of carbonyl (C=O) groups excluding carboxylic acids is 2. The first-order valence-corrected chi connectivity index (χ1v) is 6.32. The second-order valence-corrected chi connectivity index (χ2v) is 4.66. The van der Waals surface area contributed by atoms with Crippen LogP contribution in [0.3, 0.4) is 0 Å². The normalized spacial score (nSPS) is 10.4. The Bertz CT molecular complexity index is 591. The van der Waals surface area contributed by atoms with Gasteiger partial charge in [-0.05, 0) is 30.2 Å². The van der Waals surface area contributed by atoms with E-state index in [0.29, 0.717) is 16.7 Å². The molecule has 21 heavy (non-hydrogen) atoms. The molecule has 112 valence electrons. The van der Waals surface area contributed by atoms with E-state index in [2.05, 4.69) is 5.32 Å². The van der Waals surface area contributed by atoms with Gasteiger partial charge in [0, 0.05) is 25.7 Å². The first-order valence-electron chi connectivity index (χ1n) is 6.32. The van der Waals surface area contributed by atoms with Crippen molar-refractivity contribution in [3.05, 3.63) is 41.0 Å². The molecule has 6 heteroatoms. The van der Waals surface area contributed by atoms with E-state index in [0.717, 1.165) is 6.08 Å². The van der Waals surface area contributed by atoms with Crippen molar-refractivity contribution in [3.8, 4) is 0 Å². The second kappa shape index (κ2) is 7.23. The van der Waals surface area contributed by atoms with Gasteiger partial charge in [-0.1, -0.05) is 12.1 Å². The molecule has 6 nitrogen and oxygen atoms in total. The van der Waals surface area contributed by atoms with Crippen LogP contribution in [0.15, 0.2) is 24.3 Å². The molecule has 1 aromatic rings. The fourth-order valence-corrected chi connectivity index (χ4v) is 1.65. The van der Waals surface area contributed by atoms with E-state index < -0.39 is 5.97 Å². The molecule has 0 unspecified atom stereocenters. The third-order valence-corrected chi connectivity index (χ3v) is 2.92. The van der Waals surface area contributed by atoms with Crippen molar-refractivity contribution in [2.75, 3.05) is 20.6 Å². The van der Waals surface area contributed by atoms with Gasteiger partial charge in [0.2, 0.25) is 5.91 Å². The van der Waals surface area contributed by atoms with Crippen LogP contribution in [0, 0.1) is 6.92 Å². The van der Waals surface area contributed by atoms with Gasteiger partial charge in [0.25, 0.3) is 5.91 Å². The number of hydrogen-bond donors (Lipinski definition) is 2. The summed E-state index contributed by atoms with van der Waals surface area (Å²) in [5.41, 5.74) is 1.71. The summed E-state index contributed by atoms with van der Waals surface area (Å²) in [5, 5.41) is 11.2. The number of rotatable bonds is 5. The Hall–Kier alpha value is -2.63. The fourth-order valence-electron chi connectivity index (χ4n) is 1.65. The van der Waals surface area contributed by atoms with Crippen molar-refractivity contribution >= 4 is 23.9 Å². The first kappa shape index (κ1) is 16.4. The Morgan fingerprint density at radius 1 is 1.29 bits per heavy atom. The molecule has 0 saturated carbocycles. The van der Waals surface area contributed by atoms with Crippen LogP contribution in [0.4, 0.5) is 0 Å². The Morgan fingerprint density at radius 3 is 2.52 bits per heavy atom. The molecule has 0 aliphatic heterocycles. The Balaban J connectivity index is 2.88. The van der Waals surface area contributed by atoms with Gasteiger partial charge in [-0.15, -0.1) is 0 Å². The molecular weight excluding hydrogens is 272 g/mol. The van der Waals surface area contributed by atoms with Crippen molar-refractivity contribution in [2.24, 2.45) is 0 Å². The summed E-state index contributed by atoms with van der Waals surface area (Å²) in [7, 11) is 3.22. The van der Waals surface area contributed by atoms with Gasteiger partial charge in [-0.2, -0.15) is 0 Å². The minimum Gasteiger partial charge on any atom is -0.478 e. The van der Waals surface area contributed by atoms with E-state index in [1.807, 2.05) is 0 Å². The minimum absolute atomic E-state index is 0.0829. The van der Waals surface area contributed by atoms with E-state index >= 15 is 0 Å². The number of nitrogens with zero attached hydrogens (tertiary/aromatic N) is 1. The molecule has 0 heterocycles. The van der Waals surface area contributed by atoms with Gasteiger partial charge >= 0.3 is 5.97 Å². The smallest absolute Gasteiger partial charge is 0.328 e. The van der Waals surface area contributed by atoms with Crippen molar-refractivity contribution in [2.45, 2.75) is 6.92 Å². The number of aliphatic carboxylic acids is 1. The molecule has 2 N–H and O–H groups in total. The van der Waals surface area contributed by atoms with Gasteiger partial charge in [-0.25, -0.2) is 4.79 Å². The highest BCUT2D eigenvalue weighted by Crippen LogP contribution is 2.15. The third-order valence-electron chi connectivity index (χ3n) is 2.92. The number of carbonyl (C=O) groups is 3. The van der Waals surface area contributed by atoms with Crippen LogP contribution in [0.25, 0.3) is 6.08 Å². The lowest BCUT2D eigenvalue weighted by Gasteiger charge is -2.12. The van der Waals surface area contributed by atoms with Crippen LogP contribution < -0.4 is 5.32 Å². The topological polar surface area (TPSA) is 86.7 Å². The van der Waals surface area contributed by atoms with E-state index in [-0.39, 0.29) is 18.4 Å². The van der Waals surface area contributed by atoms with Crippen molar-refractivity contribution in [1.29, 1.82) is 0 Å². The summed E-state index contributed by atoms with van der Waals surface area (Å²) >= 11 is 0. The zero-order valence-corrected chi connectivity index (χ0v) is 12.2. The van der Waals surface area contributed by atoms with Crippen LogP contribution in [0.5, 0.6) is 0 Å². The Morgan fingerprint density at radius 2 is 1.95 bits per heavy atom. The zero-order valence-electron chi connectivity index (χ0n) is 12.2. The summed E-state index contributed by atoms with van der Waals surface area (Å²) in [5.74, 6) is -1.63. The molecule has 0 spiro atoms. The maximum atomic E-state index is 12.1. The molecule has 0 bridgehead atoms. The quantitative estimate of drug-likeness (QED) is 0.789. The van der Waals surface area contributed by atoms with Gasteiger partial charge in [-0.3, -0.25) is 9.59 Å². The number of carboxylic acids is 1. The molecule has 0 atom stereocenters. The molecule has 2 amide bonds. The lowest BCUT2D eigenvalue weighted by Crippen LogP contribution is -2.36. The lowest BCUT2D eigenvalue weighted by atomic mass is 10.0. The van der Waals surface area contributed by atoms with Crippen LogP contribution in [0.1, 0.15) is 21.5 Å². The average molecular weight is 290 g/mol. The molecule has 0 aromatic heterocycles. The molecule has 0 radical (unpaired) electrons. The number of hydrogen-bond acceptors (Lipinski definition) is 3. The zero-order chi connectivity index (χ0) is 16.0. The van der Waals surface area contributed by atoms with Crippen LogP contribution in [-0.2, 0) is 9.59 Å². The van der Waals surface area contributed by atoms with Gasteiger partial charge in [0.15, 0.2) is 0 Å². The maximum Gasteiger partial charge on any atom is 0.328 e. The van der Waals surface area contributed by atoms with Crippen LogP contribution in [0.2, 0.25) is 0 Å². The largest absolute Gasteiger partial charge is 0.478 e. The molecule has 0 saturated heterocycles. The summed E-state index contributed by atoms with van der Waals surface area (Å²) in [6.07, 6.45) is 2.44. The maximum absolute atomic E-state index is 12.1.